The fourth-order valence-corrected chi connectivity index (χ4v) is 2.20. The number of hydroxylamine groups is 1. The summed E-state index contributed by atoms with van der Waals surface area (Å²) in [7, 11) is 1.52. The Morgan fingerprint density at radius 3 is 2.94 bits per heavy atom. The summed E-state index contributed by atoms with van der Waals surface area (Å²) in [5, 5.41) is 0.300. The van der Waals surface area contributed by atoms with E-state index >= 15 is 0 Å². The highest BCUT2D eigenvalue weighted by Crippen LogP contribution is 2.43. The van der Waals surface area contributed by atoms with Crippen LogP contribution in [0.4, 0.5) is 4.39 Å². The quantitative estimate of drug-likeness (QED) is 0.831. The molecule has 0 aromatic heterocycles. The van der Waals surface area contributed by atoms with Crippen LogP contribution in [-0.2, 0) is 4.84 Å². The van der Waals surface area contributed by atoms with Crippen LogP contribution >= 0.6 is 11.6 Å². The average molecular weight is 246 g/mol. The van der Waals surface area contributed by atoms with Crippen molar-refractivity contribution < 1.29 is 14.0 Å². The van der Waals surface area contributed by atoms with Crippen LogP contribution < -0.4 is 10.2 Å². The first-order valence-corrected chi connectivity index (χ1v) is 5.49. The van der Waals surface area contributed by atoms with Gasteiger partial charge in [-0.25, -0.2) is 4.39 Å². The Hall–Kier alpha value is -0.840. The SMILES string of the molecule is CCC1Oc2c(Cl)cc(F)cc2C1NOC. The zero-order chi connectivity index (χ0) is 11.7. The van der Waals surface area contributed by atoms with Gasteiger partial charge in [0, 0.05) is 5.56 Å². The van der Waals surface area contributed by atoms with Gasteiger partial charge in [-0.2, -0.15) is 5.48 Å². The fraction of sp³-hybridized carbons (Fsp3) is 0.455. The summed E-state index contributed by atoms with van der Waals surface area (Å²) in [6.45, 7) is 1.99. The second-order valence-electron chi connectivity index (χ2n) is 3.67. The molecule has 0 amide bonds. The summed E-state index contributed by atoms with van der Waals surface area (Å²) in [6.07, 6.45) is 0.697. The third-order valence-corrected chi connectivity index (χ3v) is 2.94. The van der Waals surface area contributed by atoms with E-state index in [0.29, 0.717) is 16.3 Å². The topological polar surface area (TPSA) is 30.5 Å². The van der Waals surface area contributed by atoms with Crippen molar-refractivity contribution in [1.29, 1.82) is 0 Å². The molecule has 0 saturated heterocycles. The van der Waals surface area contributed by atoms with E-state index in [4.69, 9.17) is 21.2 Å². The lowest BCUT2D eigenvalue weighted by molar-refractivity contribution is 0.0283. The normalized spacial score (nSPS) is 23.0. The average Bonchev–Trinajstić information content (AvgIpc) is 2.58. The first-order chi connectivity index (χ1) is 7.67. The minimum atomic E-state index is -0.369. The summed E-state index contributed by atoms with van der Waals surface area (Å²) in [5.41, 5.74) is 3.51. The van der Waals surface area contributed by atoms with E-state index in [9.17, 15) is 4.39 Å². The largest absolute Gasteiger partial charge is 0.486 e. The first-order valence-electron chi connectivity index (χ1n) is 5.11. The van der Waals surface area contributed by atoms with Gasteiger partial charge >= 0.3 is 0 Å². The predicted molar refractivity (Wildman–Crippen MR) is 59.0 cm³/mol. The Kier molecular flexibility index (Phi) is 3.33. The molecule has 0 fully saturated rings. The van der Waals surface area contributed by atoms with Gasteiger partial charge in [0.05, 0.1) is 18.2 Å². The predicted octanol–water partition coefficient (Wildman–Crippen LogP) is 2.84. The third-order valence-electron chi connectivity index (χ3n) is 2.66. The Morgan fingerprint density at radius 1 is 1.56 bits per heavy atom. The number of rotatable bonds is 3. The van der Waals surface area contributed by atoms with Gasteiger partial charge < -0.3 is 9.57 Å². The highest BCUT2D eigenvalue weighted by molar-refractivity contribution is 6.32. The molecule has 1 aliphatic rings. The molecule has 0 saturated carbocycles. The van der Waals surface area contributed by atoms with E-state index in [0.717, 1.165) is 6.42 Å². The molecule has 0 aliphatic carbocycles. The standard InChI is InChI=1S/C11H13ClFNO2/c1-3-9-10(14-15-2)7-4-6(13)5-8(12)11(7)16-9/h4-5,9-10,14H,3H2,1-2H3. The highest BCUT2D eigenvalue weighted by atomic mass is 35.5. The van der Waals surface area contributed by atoms with Crippen molar-refractivity contribution in [2.45, 2.75) is 25.5 Å². The minimum Gasteiger partial charge on any atom is -0.486 e. The molecule has 1 heterocycles. The van der Waals surface area contributed by atoms with Gasteiger partial charge in [-0.15, -0.1) is 0 Å². The molecule has 2 unspecified atom stereocenters. The van der Waals surface area contributed by atoms with Gasteiger partial charge in [-0.05, 0) is 18.6 Å². The van der Waals surface area contributed by atoms with Crippen LogP contribution in [0.1, 0.15) is 24.9 Å². The van der Waals surface area contributed by atoms with Gasteiger partial charge in [0.1, 0.15) is 17.7 Å². The van der Waals surface area contributed by atoms with Gasteiger partial charge in [-0.1, -0.05) is 18.5 Å². The Morgan fingerprint density at radius 2 is 2.31 bits per heavy atom. The van der Waals surface area contributed by atoms with E-state index in [1.54, 1.807) is 0 Å². The fourth-order valence-electron chi connectivity index (χ4n) is 1.94. The monoisotopic (exact) mass is 245 g/mol. The van der Waals surface area contributed by atoms with Crippen molar-refractivity contribution in [1.82, 2.24) is 5.48 Å². The lowest BCUT2D eigenvalue weighted by atomic mass is 10.0. The zero-order valence-corrected chi connectivity index (χ0v) is 9.84. The Bertz CT molecular complexity index is 400. The number of ether oxygens (including phenoxy) is 1. The van der Waals surface area contributed by atoms with Gasteiger partial charge in [-0.3, -0.25) is 0 Å². The smallest absolute Gasteiger partial charge is 0.143 e. The molecular weight excluding hydrogens is 233 g/mol. The molecule has 5 heteroatoms. The van der Waals surface area contributed by atoms with E-state index in [-0.39, 0.29) is 18.0 Å². The molecule has 88 valence electrons. The zero-order valence-electron chi connectivity index (χ0n) is 9.09. The number of fused-ring (bicyclic) bond motifs is 1. The van der Waals surface area contributed by atoms with E-state index < -0.39 is 0 Å². The van der Waals surface area contributed by atoms with Crippen LogP contribution in [0, 0.1) is 5.82 Å². The van der Waals surface area contributed by atoms with Crippen LogP contribution in [0.3, 0.4) is 0 Å². The van der Waals surface area contributed by atoms with Gasteiger partial charge in [0.2, 0.25) is 0 Å². The number of nitrogens with one attached hydrogen (secondary N) is 1. The van der Waals surface area contributed by atoms with E-state index in [1.807, 2.05) is 6.92 Å². The number of hydrogen-bond acceptors (Lipinski definition) is 3. The van der Waals surface area contributed by atoms with Crippen molar-refractivity contribution in [3.05, 3.63) is 28.5 Å². The molecule has 1 aliphatic heterocycles. The molecule has 0 bridgehead atoms. The maximum Gasteiger partial charge on any atom is 0.143 e. The summed E-state index contributed by atoms with van der Waals surface area (Å²) in [6, 6.07) is 2.49. The number of hydrogen-bond donors (Lipinski definition) is 1. The molecular formula is C11H13ClFNO2. The molecule has 3 nitrogen and oxygen atoms in total. The highest BCUT2D eigenvalue weighted by Gasteiger charge is 2.35. The maximum absolute atomic E-state index is 13.3. The maximum atomic E-state index is 13.3. The van der Waals surface area contributed by atoms with Crippen molar-refractivity contribution in [3.8, 4) is 5.75 Å². The molecule has 0 spiro atoms. The Labute approximate surface area is 98.5 Å². The van der Waals surface area contributed by atoms with Crippen molar-refractivity contribution in [3.63, 3.8) is 0 Å². The summed E-state index contributed by atoms with van der Waals surface area (Å²) in [5.74, 6) is 0.177. The van der Waals surface area contributed by atoms with Crippen molar-refractivity contribution in [2.75, 3.05) is 7.11 Å². The van der Waals surface area contributed by atoms with Crippen molar-refractivity contribution >= 4 is 11.6 Å². The minimum absolute atomic E-state index is 0.0887. The molecule has 1 aromatic carbocycles. The van der Waals surface area contributed by atoms with Crippen LogP contribution in [0.25, 0.3) is 0 Å². The molecule has 1 N–H and O–H groups in total. The second kappa shape index (κ2) is 4.57. The van der Waals surface area contributed by atoms with E-state index in [2.05, 4.69) is 5.48 Å². The number of halogens is 2. The summed E-state index contributed by atoms with van der Waals surface area (Å²) < 4.78 is 18.9. The van der Waals surface area contributed by atoms with Crippen LogP contribution in [0.2, 0.25) is 5.02 Å². The van der Waals surface area contributed by atoms with Crippen LogP contribution in [0.15, 0.2) is 12.1 Å². The van der Waals surface area contributed by atoms with Crippen molar-refractivity contribution in [2.24, 2.45) is 0 Å². The summed E-state index contributed by atoms with van der Waals surface area (Å²) in [4.78, 5) is 4.90. The lowest BCUT2D eigenvalue weighted by Gasteiger charge is -2.17. The second-order valence-corrected chi connectivity index (χ2v) is 4.08. The molecule has 2 rings (SSSR count). The van der Waals surface area contributed by atoms with E-state index in [1.165, 1.54) is 19.2 Å². The third kappa shape index (κ3) is 1.88. The van der Waals surface area contributed by atoms with Gasteiger partial charge in [0.25, 0.3) is 0 Å². The van der Waals surface area contributed by atoms with Gasteiger partial charge in [0.15, 0.2) is 0 Å². The first kappa shape index (κ1) is 11.6. The van der Waals surface area contributed by atoms with Crippen LogP contribution in [-0.4, -0.2) is 13.2 Å². The summed E-state index contributed by atoms with van der Waals surface area (Å²) >= 11 is 5.93. The number of benzene rings is 1. The van der Waals surface area contributed by atoms with Crippen LogP contribution in [0.5, 0.6) is 5.75 Å². The molecule has 0 radical (unpaired) electrons. The lowest BCUT2D eigenvalue weighted by Crippen LogP contribution is -2.29. The molecule has 1 aromatic rings. The Balaban J connectivity index is 2.41. The molecule has 2 atom stereocenters. The molecule has 16 heavy (non-hydrogen) atoms.